The standard InChI is InChI=1S/C12H10N2O2S4/c1-13(2)11-17-7-5(15)6(16)8-10(9(7)19-11)20-12(18-8)14(3)4/h1,3H2,2,4H3/q+2/p+2. The summed E-state index contributed by atoms with van der Waals surface area (Å²) in [6.45, 7) is 7.73. The number of benzene rings is 1. The molecule has 3 rings (SSSR count). The lowest BCUT2D eigenvalue weighted by Gasteiger charge is -1.91. The van der Waals surface area contributed by atoms with Crippen LogP contribution < -0.4 is 0 Å². The average molecular weight is 345 g/mol. The molecule has 4 nitrogen and oxygen atoms in total. The van der Waals surface area contributed by atoms with Crippen LogP contribution in [0, 0.1) is 0 Å². The molecule has 0 aliphatic heterocycles. The van der Waals surface area contributed by atoms with Crippen molar-refractivity contribution in [3.8, 4) is 11.5 Å². The Kier molecular flexibility index (Phi) is 3.20. The molecular formula is C12H12N2O2S4+4. The fourth-order valence-corrected chi connectivity index (χ4v) is 6.79. The van der Waals surface area contributed by atoms with Gasteiger partial charge >= 0.3 is 8.63 Å². The van der Waals surface area contributed by atoms with Gasteiger partial charge in [-0.05, 0) is 0 Å². The van der Waals surface area contributed by atoms with Crippen molar-refractivity contribution in [2.45, 2.75) is 0 Å². The monoisotopic (exact) mass is 344 g/mol. The van der Waals surface area contributed by atoms with E-state index in [1.54, 1.807) is 31.8 Å². The summed E-state index contributed by atoms with van der Waals surface area (Å²) in [6.07, 6.45) is 0. The number of hydrogen-bond acceptors (Lipinski definition) is 4. The Morgan fingerprint density at radius 2 is 1.20 bits per heavy atom. The minimum atomic E-state index is -0.0471. The second kappa shape index (κ2) is 4.66. The number of phenols is 2. The van der Waals surface area contributed by atoms with Crippen LogP contribution >= 0.6 is 45.3 Å². The van der Waals surface area contributed by atoms with Crippen LogP contribution in [-0.4, -0.2) is 46.9 Å². The molecule has 1 aromatic carbocycles. The molecule has 0 spiro atoms. The molecule has 0 saturated heterocycles. The zero-order valence-corrected chi connectivity index (χ0v) is 14.1. The Morgan fingerprint density at radius 3 is 1.50 bits per heavy atom. The highest BCUT2D eigenvalue weighted by molar-refractivity contribution is 7.49. The lowest BCUT2D eigenvalue weighted by molar-refractivity contribution is -0.385. The van der Waals surface area contributed by atoms with E-state index in [4.69, 9.17) is 0 Å². The Balaban J connectivity index is 2.50. The molecule has 2 aromatic heterocycles. The second-order valence-corrected chi connectivity index (χ2v) is 8.86. The molecule has 0 radical (unpaired) electrons. The van der Waals surface area contributed by atoms with Crippen LogP contribution in [0.5, 0.6) is 11.5 Å². The van der Waals surface area contributed by atoms with Crippen LogP contribution in [0.25, 0.3) is 18.8 Å². The van der Waals surface area contributed by atoms with E-state index in [1.165, 1.54) is 22.7 Å². The fraction of sp³-hybridized carbons (Fsp3) is 0.167. The third-order valence-electron chi connectivity index (χ3n) is 2.65. The smallest absolute Gasteiger partial charge is 0.502 e. The molecule has 8 heteroatoms. The molecule has 0 atom stereocenters. The van der Waals surface area contributed by atoms with Crippen LogP contribution in [0.3, 0.4) is 0 Å². The molecule has 2 heterocycles. The van der Waals surface area contributed by atoms with Gasteiger partial charge in [0.2, 0.25) is 30.3 Å². The highest BCUT2D eigenvalue weighted by atomic mass is 32.2. The molecule has 0 bridgehead atoms. The summed E-state index contributed by atoms with van der Waals surface area (Å²) >= 11 is 6.01. The summed E-state index contributed by atoms with van der Waals surface area (Å²) in [5, 5.41) is 20.4. The van der Waals surface area contributed by atoms with Gasteiger partial charge in [0.25, 0.3) is 0 Å². The van der Waals surface area contributed by atoms with Crippen LogP contribution in [-0.2, 0) is 0 Å². The van der Waals surface area contributed by atoms with Gasteiger partial charge in [-0.1, -0.05) is 0 Å². The summed E-state index contributed by atoms with van der Waals surface area (Å²) in [6, 6.07) is 0. The topological polar surface area (TPSA) is 46.5 Å². The Bertz CT molecular complexity index is 821. The zero-order valence-electron chi connectivity index (χ0n) is 10.8. The number of aromatic hydroxyl groups is 2. The maximum atomic E-state index is 10.2. The first-order chi connectivity index (χ1) is 9.40. The first kappa shape index (κ1) is 13.7. The summed E-state index contributed by atoms with van der Waals surface area (Å²) in [7, 11) is 3.73. The first-order valence-corrected chi connectivity index (χ1v) is 8.82. The van der Waals surface area contributed by atoms with E-state index in [2.05, 4.69) is 13.4 Å². The molecule has 0 saturated carbocycles. The molecule has 0 aliphatic carbocycles. The quantitative estimate of drug-likeness (QED) is 0.317. The van der Waals surface area contributed by atoms with Gasteiger partial charge in [-0.15, -0.1) is 0 Å². The minimum Gasteiger partial charge on any atom is -0.502 e. The van der Waals surface area contributed by atoms with Crippen molar-refractivity contribution in [1.82, 2.24) is 0 Å². The predicted octanol–water partition coefficient (Wildman–Crippen LogP) is 4.16. The van der Waals surface area contributed by atoms with Gasteiger partial charge < -0.3 is 10.2 Å². The van der Waals surface area contributed by atoms with Crippen molar-refractivity contribution in [3.63, 3.8) is 0 Å². The van der Waals surface area contributed by atoms with Crippen molar-refractivity contribution in [2.24, 2.45) is 0 Å². The lowest BCUT2D eigenvalue weighted by atomic mass is 10.3. The molecule has 0 aliphatic rings. The number of nitrogens with zero attached hydrogens (tertiary/aromatic N) is 2. The number of hydrogen-bond donors (Lipinski definition) is 2. The average Bonchev–Trinajstić information content (AvgIpc) is 2.99. The largest absolute Gasteiger partial charge is 0.516 e. The van der Waals surface area contributed by atoms with Crippen molar-refractivity contribution in [3.05, 3.63) is 0 Å². The molecule has 0 unspecified atom stereocenters. The van der Waals surface area contributed by atoms with E-state index in [0.29, 0.717) is 9.40 Å². The van der Waals surface area contributed by atoms with Gasteiger partial charge in [0.1, 0.15) is 27.5 Å². The van der Waals surface area contributed by atoms with Crippen LogP contribution in [0.15, 0.2) is 0 Å². The number of phenolic OH excluding ortho intramolecular Hbond substituents is 2. The Labute approximate surface area is 131 Å². The number of rotatable bonds is 2. The number of fused-ring (bicyclic) bond motifs is 3. The van der Waals surface area contributed by atoms with Gasteiger partial charge in [-0.25, -0.2) is 0 Å². The zero-order chi connectivity index (χ0) is 14.6. The normalized spacial score (nSPS) is 11.3. The third-order valence-corrected chi connectivity index (χ3v) is 8.41. The molecule has 0 amide bonds. The lowest BCUT2D eigenvalue weighted by Crippen LogP contribution is -1.85. The minimum absolute atomic E-state index is 0.0471. The Hall–Kier alpha value is -1.22. The molecule has 3 aromatic rings. The highest BCUT2D eigenvalue weighted by Gasteiger charge is 2.37. The van der Waals surface area contributed by atoms with Gasteiger partial charge in [0.15, 0.2) is 45.3 Å². The molecule has 20 heavy (non-hydrogen) atoms. The van der Waals surface area contributed by atoms with E-state index in [0.717, 1.165) is 18.0 Å². The fourth-order valence-electron chi connectivity index (χ4n) is 1.71. The molecule has 102 valence electrons. The van der Waals surface area contributed by atoms with Crippen LogP contribution in [0.1, 0.15) is 0 Å². The van der Waals surface area contributed by atoms with E-state index in [-0.39, 0.29) is 11.5 Å². The van der Waals surface area contributed by atoms with Gasteiger partial charge in [-0.2, -0.15) is 9.15 Å². The maximum Gasteiger partial charge on any atom is 0.516 e. The molecular weight excluding hydrogens is 332 g/mol. The van der Waals surface area contributed by atoms with E-state index < -0.39 is 0 Å². The van der Waals surface area contributed by atoms with Crippen LogP contribution in [0.2, 0.25) is 0 Å². The van der Waals surface area contributed by atoms with Crippen molar-refractivity contribution in [2.75, 3.05) is 14.1 Å². The molecule has 2 N–H and O–H groups in total. The van der Waals surface area contributed by atoms with Crippen molar-refractivity contribution in [1.29, 1.82) is 0 Å². The van der Waals surface area contributed by atoms with Gasteiger partial charge in [-0.3, -0.25) is 0 Å². The van der Waals surface area contributed by atoms with E-state index in [1.807, 2.05) is 14.1 Å². The summed E-state index contributed by atoms with van der Waals surface area (Å²) in [5.41, 5.74) is 0. The predicted molar refractivity (Wildman–Crippen MR) is 91.0 cm³/mol. The first-order valence-electron chi connectivity index (χ1n) is 5.55. The summed E-state index contributed by atoms with van der Waals surface area (Å²) in [4.78, 5) is 0. The van der Waals surface area contributed by atoms with Crippen LogP contribution in [0.4, 0.5) is 8.63 Å². The second-order valence-electron chi connectivity index (χ2n) is 4.35. The summed E-state index contributed by atoms with van der Waals surface area (Å²) < 4.78 is 8.87. The van der Waals surface area contributed by atoms with E-state index in [9.17, 15) is 10.2 Å². The molecule has 0 fully saturated rings. The van der Waals surface area contributed by atoms with E-state index >= 15 is 0 Å². The Morgan fingerprint density at radius 1 is 0.850 bits per heavy atom. The third kappa shape index (κ3) is 1.91. The maximum absolute atomic E-state index is 10.2. The van der Waals surface area contributed by atoms with Gasteiger partial charge in [0, 0.05) is 0 Å². The van der Waals surface area contributed by atoms with Gasteiger partial charge in [0.05, 0.1) is 0 Å². The van der Waals surface area contributed by atoms with Crippen molar-refractivity contribution < 1.29 is 19.4 Å². The summed E-state index contributed by atoms with van der Waals surface area (Å²) in [5.74, 6) is -0.0941. The van der Waals surface area contributed by atoms with Crippen molar-refractivity contribution >= 4 is 86.2 Å². The SMILES string of the molecule is C=[N+](C)c1sc2c([s+]1)c(O)c(O)c1[s+]c([N+](=C)C)sc12. The highest BCUT2D eigenvalue weighted by Crippen LogP contribution is 2.55.